The molecule has 4 amide bonds. The summed E-state index contributed by atoms with van der Waals surface area (Å²) in [6.45, 7) is 1.91. The third-order valence-corrected chi connectivity index (χ3v) is 8.58. The molecule has 0 unspecified atom stereocenters. The number of nitrogens with one attached hydrogen (secondary N) is 3. The SMILES string of the molecule is CN[C@@H](C)C(=O)N[C@H](C(=O)NCC(=O)N1C=CN(CCc2ccccc2)C(=O)[C@@H]1Cc1cccc(Cl)c1)C1CCCCC1. The van der Waals surface area contributed by atoms with Gasteiger partial charge in [0, 0.05) is 30.4 Å². The molecule has 4 rings (SSSR count). The van der Waals surface area contributed by atoms with Crippen molar-refractivity contribution in [1.82, 2.24) is 25.8 Å². The molecule has 1 heterocycles. The number of carbonyl (C=O) groups is 4. The van der Waals surface area contributed by atoms with Crippen LogP contribution in [0.3, 0.4) is 0 Å². The van der Waals surface area contributed by atoms with Crippen molar-refractivity contribution in [2.75, 3.05) is 20.1 Å². The number of amides is 4. The Kier molecular flexibility index (Phi) is 11.8. The second-order valence-corrected chi connectivity index (χ2v) is 11.8. The van der Waals surface area contributed by atoms with Crippen molar-refractivity contribution in [1.29, 1.82) is 0 Å². The van der Waals surface area contributed by atoms with Gasteiger partial charge in [-0.25, -0.2) is 0 Å². The Morgan fingerprint density at radius 1 is 0.953 bits per heavy atom. The van der Waals surface area contributed by atoms with Crippen molar-refractivity contribution in [2.24, 2.45) is 5.92 Å². The number of halogens is 1. The van der Waals surface area contributed by atoms with Gasteiger partial charge >= 0.3 is 0 Å². The monoisotopic (exact) mass is 607 g/mol. The number of nitrogens with zero attached hydrogens (tertiary/aromatic N) is 2. The molecule has 1 aliphatic carbocycles. The van der Waals surface area contributed by atoms with E-state index < -0.39 is 24.0 Å². The fourth-order valence-electron chi connectivity index (χ4n) is 5.69. The minimum absolute atomic E-state index is 0.00192. The lowest BCUT2D eigenvalue weighted by atomic mass is 9.83. The quantitative estimate of drug-likeness (QED) is 0.342. The summed E-state index contributed by atoms with van der Waals surface area (Å²) in [5.74, 6) is -1.26. The fourth-order valence-corrected chi connectivity index (χ4v) is 5.90. The largest absolute Gasteiger partial charge is 0.345 e. The van der Waals surface area contributed by atoms with Crippen LogP contribution in [-0.4, -0.2) is 71.7 Å². The molecule has 3 N–H and O–H groups in total. The number of likely N-dealkylation sites (N-methyl/N-ethyl adjacent to an activating group) is 1. The van der Waals surface area contributed by atoms with Crippen LogP contribution in [0.4, 0.5) is 0 Å². The number of benzene rings is 2. The van der Waals surface area contributed by atoms with Gasteiger partial charge in [0.1, 0.15) is 12.1 Å². The molecule has 3 atom stereocenters. The summed E-state index contributed by atoms with van der Waals surface area (Å²) in [5.41, 5.74) is 1.93. The molecule has 0 spiro atoms. The van der Waals surface area contributed by atoms with E-state index >= 15 is 0 Å². The third-order valence-electron chi connectivity index (χ3n) is 8.34. The van der Waals surface area contributed by atoms with Crippen molar-refractivity contribution in [3.05, 3.63) is 83.1 Å². The van der Waals surface area contributed by atoms with E-state index in [1.54, 1.807) is 43.4 Å². The molecule has 0 bridgehead atoms. The molecular formula is C33H42ClN5O4. The van der Waals surface area contributed by atoms with Gasteiger partial charge in [-0.3, -0.25) is 19.2 Å². The van der Waals surface area contributed by atoms with Gasteiger partial charge in [-0.15, -0.1) is 0 Å². The van der Waals surface area contributed by atoms with E-state index in [2.05, 4.69) is 16.0 Å². The van der Waals surface area contributed by atoms with Gasteiger partial charge in [0.2, 0.25) is 23.6 Å². The highest BCUT2D eigenvalue weighted by molar-refractivity contribution is 6.30. The zero-order chi connectivity index (χ0) is 30.8. The van der Waals surface area contributed by atoms with Crippen LogP contribution in [0.1, 0.15) is 50.2 Å². The molecule has 2 aromatic rings. The van der Waals surface area contributed by atoms with Crippen LogP contribution in [0.5, 0.6) is 0 Å². The Morgan fingerprint density at radius 2 is 1.67 bits per heavy atom. The van der Waals surface area contributed by atoms with Crippen molar-refractivity contribution in [3.8, 4) is 0 Å². The normalized spacial score (nSPS) is 18.7. The Morgan fingerprint density at radius 3 is 2.37 bits per heavy atom. The van der Waals surface area contributed by atoms with Gasteiger partial charge in [-0.2, -0.15) is 0 Å². The van der Waals surface area contributed by atoms with Crippen LogP contribution < -0.4 is 16.0 Å². The molecule has 230 valence electrons. The average molecular weight is 608 g/mol. The van der Waals surface area contributed by atoms with E-state index in [1.807, 2.05) is 42.5 Å². The minimum atomic E-state index is -0.797. The summed E-state index contributed by atoms with van der Waals surface area (Å²) in [7, 11) is 1.69. The molecule has 1 fully saturated rings. The van der Waals surface area contributed by atoms with E-state index in [9.17, 15) is 19.2 Å². The molecule has 9 nitrogen and oxygen atoms in total. The summed E-state index contributed by atoms with van der Waals surface area (Å²) in [6.07, 6.45) is 8.97. The molecule has 1 saturated carbocycles. The Hall–Kier alpha value is -3.69. The molecule has 43 heavy (non-hydrogen) atoms. The van der Waals surface area contributed by atoms with Crippen LogP contribution in [0, 0.1) is 5.92 Å². The van der Waals surface area contributed by atoms with Crippen LogP contribution >= 0.6 is 11.6 Å². The maximum atomic E-state index is 13.7. The topological polar surface area (TPSA) is 111 Å². The number of hydrogen-bond donors (Lipinski definition) is 3. The van der Waals surface area contributed by atoms with Gasteiger partial charge in [0.25, 0.3) is 0 Å². The molecule has 2 aromatic carbocycles. The molecule has 0 saturated heterocycles. The number of rotatable bonds is 12. The summed E-state index contributed by atoms with van der Waals surface area (Å²) in [5, 5.41) is 9.11. The van der Waals surface area contributed by atoms with Crippen LogP contribution in [0.15, 0.2) is 67.0 Å². The number of hydrogen-bond acceptors (Lipinski definition) is 5. The highest BCUT2D eigenvalue weighted by Crippen LogP contribution is 2.27. The highest BCUT2D eigenvalue weighted by atomic mass is 35.5. The van der Waals surface area contributed by atoms with E-state index in [4.69, 9.17) is 11.6 Å². The Balaban J connectivity index is 1.47. The lowest BCUT2D eigenvalue weighted by molar-refractivity contribution is -0.143. The van der Waals surface area contributed by atoms with Crippen LogP contribution in [0.2, 0.25) is 5.02 Å². The second kappa shape index (κ2) is 15.7. The summed E-state index contributed by atoms with van der Waals surface area (Å²) < 4.78 is 0. The standard InChI is InChI=1S/C33H42ClN5O4/c1-23(35-2)31(41)37-30(26-13-7-4-8-14-26)32(42)36-22-29(40)39-19-18-38(17-16-24-10-5-3-6-11-24)33(43)28(39)21-25-12-9-15-27(34)20-25/h3,5-6,9-12,15,18-20,23,26,28,30,35H,4,7-8,13-14,16-17,21-22H2,1-2H3,(H,36,42)(H,37,41)/t23-,28-,30-/m0/s1. The van der Waals surface area contributed by atoms with Gasteiger partial charge in [-0.1, -0.05) is 73.3 Å². The smallest absolute Gasteiger partial charge is 0.250 e. The van der Waals surface area contributed by atoms with Gasteiger partial charge in [0.15, 0.2) is 0 Å². The van der Waals surface area contributed by atoms with E-state index in [1.165, 1.54) is 4.90 Å². The van der Waals surface area contributed by atoms with Crippen molar-refractivity contribution in [3.63, 3.8) is 0 Å². The lowest BCUT2D eigenvalue weighted by Gasteiger charge is -2.36. The first-order chi connectivity index (χ1) is 20.8. The van der Waals surface area contributed by atoms with Crippen molar-refractivity contribution >= 4 is 35.2 Å². The molecular weight excluding hydrogens is 566 g/mol. The molecule has 10 heteroatoms. The molecule has 0 aromatic heterocycles. The average Bonchev–Trinajstić information content (AvgIpc) is 3.03. The maximum Gasteiger partial charge on any atom is 0.250 e. The fraction of sp³-hybridized carbons (Fsp3) is 0.455. The summed E-state index contributed by atoms with van der Waals surface area (Å²) in [6, 6.07) is 15.2. The predicted octanol–water partition coefficient (Wildman–Crippen LogP) is 3.43. The van der Waals surface area contributed by atoms with E-state index in [-0.39, 0.29) is 36.6 Å². The van der Waals surface area contributed by atoms with Gasteiger partial charge in [0.05, 0.1) is 12.6 Å². The third kappa shape index (κ3) is 8.91. The maximum absolute atomic E-state index is 13.7. The Labute approximate surface area is 259 Å². The Bertz CT molecular complexity index is 1300. The first-order valence-electron chi connectivity index (χ1n) is 15.1. The minimum Gasteiger partial charge on any atom is -0.345 e. The molecule has 2 aliphatic rings. The second-order valence-electron chi connectivity index (χ2n) is 11.3. The highest BCUT2D eigenvalue weighted by Gasteiger charge is 2.36. The van der Waals surface area contributed by atoms with Gasteiger partial charge in [-0.05, 0) is 62.4 Å². The zero-order valence-corrected chi connectivity index (χ0v) is 25.7. The van der Waals surface area contributed by atoms with E-state index in [0.29, 0.717) is 18.0 Å². The zero-order valence-electron chi connectivity index (χ0n) is 24.9. The molecule has 0 radical (unpaired) electrons. The summed E-state index contributed by atoms with van der Waals surface area (Å²) >= 11 is 6.22. The first kappa shape index (κ1) is 32.2. The van der Waals surface area contributed by atoms with Crippen molar-refractivity contribution < 1.29 is 19.2 Å². The first-order valence-corrected chi connectivity index (χ1v) is 15.5. The number of carbonyl (C=O) groups excluding carboxylic acids is 4. The summed E-state index contributed by atoms with van der Waals surface area (Å²) in [4.78, 5) is 56.4. The lowest BCUT2D eigenvalue weighted by Crippen LogP contribution is -2.57. The van der Waals surface area contributed by atoms with Crippen molar-refractivity contribution in [2.45, 2.75) is 70.0 Å². The van der Waals surface area contributed by atoms with E-state index in [0.717, 1.165) is 43.2 Å². The van der Waals surface area contributed by atoms with Crippen LogP contribution in [0.25, 0.3) is 0 Å². The predicted molar refractivity (Wildman–Crippen MR) is 167 cm³/mol. The van der Waals surface area contributed by atoms with Gasteiger partial charge < -0.3 is 25.8 Å². The molecule has 1 aliphatic heterocycles. The van der Waals surface area contributed by atoms with Crippen LogP contribution in [-0.2, 0) is 32.0 Å².